The van der Waals surface area contributed by atoms with E-state index >= 15 is 0 Å². The largest absolute Gasteiger partial charge is 0.286 e. The van der Waals surface area contributed by atoms with Gasteiger partial charge in [0.05, 0.1) is 15.6 Å². The van der Waals surface area contributed by atoms with E-state index < -0.39 is 10.0 Å². The van der Waals surface area contributed by atoms with Gasteiger partial charge in [0.1, 0.15) is 0 Å². The van der Waals surface area contributed by atoms with E-state index in [-0.39, 0.29) is 0 Å². The quantitative estimate of drug-likeness (QED) is 0.415. The number of carbonyl (C=O) groups is 1. The summed E-state index contributed by atoms with van der Waals surface area (Å²) >= 11 is 6.67. The minimum absolute atomic E-state index is 0.317. The third-order valence-electron chi connectivity index (χ3n) is 7.17. The van der Waals surface area contributed by atoms with Crippen molar-refractivity contribution in [3.8, 4) is 22.4 Å². The summed E-state index contributed by atoms with van der Waals surface area (Å²) in [6, 6.07) is 12.9. The summed E-state index contributed by atoms with van der Waals surface area (Å²) in [4.78, 5) is 12.7. The molecule has 0 unspecified atom stereocenters. The Hall–Kier alpha value is -2.41. The number of rotatable bonds is 5. The van der Waals surface area contributed by atoms with E-state index in [0.717, 1.165) is 85.0 Å². The number of carbonyl (C=O) groups excluding carboxylic acids is 1. The lowest BCUT2D eigenvalue weighted by molar-refractivity contribution is 0.346. The number of hydrogen-bond donors (Lipinski definition) is 0. The predicted molar refractivity (Wildman–Crippen MR) is 136 cm³/mol. The van der Waals surface area contributed by atoms with Crippen molar-refractivity contribution in [1.82, 2.24) is 8.87 Å². The summed E-state index contributed by atoms with van der Waals surface area (Å²) in [7, 11) is -3.50. The van der Waals surface area contributed by atoms with Crippen molar-refractivity contribution in [1.29, 1.82) is 0 Å². The van der Waals surface area contributed by atoms with E-state index in [4.69, 9.17) is 11.6 Å². The highest BCUT2D eigenvalue weighted by Gasteiger charge is 2.29. The normalized spacial score (nSPS) is 16.9. The van der Waals surface area contributed by atoms with Gasteiger partial charge in [0.25, 0.3) is 0 Å². The highest BCUT2D eigenvalue weighted by Crippen LogP contribution is 2.45. The van der Waals surface area contributed by atoms with E-state index in [1.807, 2.05) is 37.3 Å². The second-order valence-corrected chi connectivity index (χ2v) is 11.6. The number of aromatic nitrogens is 1. The second kappa shape index (κ2) is 9.33. The van der Waals surface area contributed by atoms with Crippen LogP contribution in [0.5, 0.6) is 0 Å². The molecule has 1 aliphatic heterocycles. The fourth-order valence-electron chi connectivity index (χ4n) is 5.48. The van der Waals surface area contributed by atoms with E-state index in [9.17, 15) is 13.2 Å². The zero-order chi connectivity index (χ0) is 23.9. The van der Waals surface area contributed by atoms with Gasteiger partial charge in [-0.25, -0.2) is 8.42 Å². The fraction of sp³-hybridized carbons (Fsp3) is 0.370. The van der Waals surface area contributed by atoms with Crippen LogP contribution in [0.1, 0.15) is 48.9 Å². The molecular weight excluding hydrogens is 468 g/mol. The third-order valence-corrected chi connectivity index (χ3v) is 9.40. The average molecular weight is 497 g/mol. The van der Waals surface area contributed by atoms with Gasteiger partial charge in [-0.05, 0) is 80.3 Å². The maximum atomic E-state index is 13.2. The molecule has 1 aromatic heterocycles. The molecule has 1 saturated heterocycles. The Morgan fingerprint density at radius 3 is 2.26 bits per heavy atom. The number of halogens is 1. The van der Waals surface area contributed by atoms with E-state index in [2.05, 4.69) is 0 Å². The molecule has 0 spiro atoms. The van der Waals surface area contributed by atoms with Crippen LogP contribution in [0, 0.1) is 6.92 Å². The lowest BCUT2D eigenvalue weighted by Gasteiger charge is -2.26. The number of sulfonamides is 1. The van der Waals surface area contributed by atoms with Crippen LogP contribution in [0.15, 0.2) is 47.4 Å². The molecule has 1 fully saturated rings. The molecule has 34 heavy (non-hydrogen) atoms. The molecule has 5 rings (SSSR count). The zero-order valence-corrected chi connectivity index (χ0v) is 21.0. The first kappa shape index (κ1) is 23.3. The van der Waals surface area contributed by atoms with E-state index in [0.29, 0.717) is 23.0 Å². The number of nitrogens with zero attached hydrogens (tertiary/aromatic N) is 2. The summed E-state index contributed by atoms with van der Waals surface area (Å²) in [6.07, 6.45) is 7.60. The van der Waals surface area contributed by atoms with E-state index in [1.54, 1.807) is 21.0 Å². The summed E-state index contributed by atoms with van der Waals surface area (Å²) in [5.41, 5.74) is 6.75. The SMILES string of the molecule is Cc1cccc(Cl)c1-c1c(-c2ccc(S(=O)(=O)N3CCCCC3)cc2)c2c(n1C=O)CCCC2. The Labute approximate surface area is 206 Å². The van der Waals surface area contributed by atoms with Gasteiger partial charge >= 0.3 is 0 Å². The van der Waals surface area contributed by atoms with Crippen molar-refractivity contribution in [2.45, 2.75) is 56.8 Å². The molecule has 178 valence electrons. The third kappa shape index (κ3) is 3.92. The van der Waals surface area contributed by atoms with Gasteiger partial charge in [0.15, 0.2) is 0 Å². The van der Waals surface area contributed by atoms with Gasteiger partial charge in [-0.15, -0.1) is 0 Å². The zero-order valence-electron chi connectivity index (χ0n) is 19.4. The van der Waals surface area contributed by atoms with Crippen LogP contribution < -0.4 is 0 Å². The minimum Gasteiger partial charge on any atom is -0.286 e. The Morgan fingerprint density at radius 2 is 1.59 bits per heavy atom. The van der Waals surface area contributed by atoms with Crippen molar-refractivity contribution in [3.05, 3.63) is 64.3 Å². The smallest absolute Gasteiger partial charge is 0.243 e. The van der Waals surface area contributed by atoms with Crippen LogP contribution >= 0.6 is 11.6 Å². The van der Waals surface area contributed by atoms with Crippen LogP contribution in [0.3, 0.4) is 0 Å². The molecule has 2 heterocycles. The van der Waals surface area contributed by atoms with Gasteiger partial charge in [-0.1, -0.05) is 42.3 Å². The number of hydrogen-bond acceptors (Lipinski definition) is 3. The molecule has 0 radical (unpaired) electrons. The first-order chi connectivity index (χ1) is 16.4. The number of piperidine rings is 1. The average Bonchev–Trinajstić information content (AvgIpc) is 3.18. The second-order valence-electron chi connectivity index (χ2n) is 9.25. The number of fused-ring (bicyclic) bond motifs is 1. The van der Waals surface area contributed by atoms with Gasteiger partial charge in [0.2, 0.25) is 16.4 Å². The van der Waals surface area contributed by atoms with E-state index in [1.165, 1.54) is 5.56 Å². The molecule has 0 bridgehead atoms. The van der Waals surface area contributed by atoms with Gasteiger partial charge in [-0.3, -0.25) is 9.36 Å². The number of aryl methyl sites for hydroxylation is 1. The molecule has 0 N–H and O–H groups in total. The van der Waals surface area contributed by atoms with Crippen molar-refractivity contribution in [2.75, 3.05) is 13.1 Å². The molecule has 0 amide bonds. The molecule has 0 atom stereocenters. The summed E-state index contributed by atoms with van der Waals surface area (Å²) in [5.74, 6) is 0. The molecule has 7 heteroatoms. The topological polar surface area (TPSA) is 59.4 Å². The molecular formula is C27H29ClN2O3S. The fourth-order valence-corrected chi connectivity index (χ4v) is 7.30. The van der Waals surface area contributed by atoms with Crippen LogP contribution in [0.4, 0.5) is 0 Å². The van der Waals surface area contributed by atoms with Gasteiger partial charge in [0, 0.05) is 29.9 Å². The maximum Gasteiger partial charge on any atom is 0.243 e. The van der Waals surface area contributed by atoms with Gasteiger partial charge in [-0.2, -0.15) is 4.31 Å². The Bertz CT molecular complexity index is 1320. The molecule has 2 aromatic carbocycles. The van der Waals surface area contributed by atoms with Crippen LogP contribution in [-0.4, -0.2) is 36.8 Å². The summed E-state index contributed by atoms with van der Waals surface area (Å²) in [6.45, 7) is 3.16. The maximum absolute atomic E-state index is 13.2. The van der Waals surface area contributed by atoms with Crippen molar-refractivity contribution >= 4 is 28.0 Å². The Morgan fingerprint density at radius 1 is 0.882 bits per heavy atom. The molecule has 0 saturated carbocycles. The van der Waals surface area contributed by atoms with Crippen molar-refractivity contribution < 1.29 is 13.2 Å². The molecule has 5 nitrogen and oxygen atoms in total. The first-order valence-electron chi connectivity index (χ1n) is 12.0. The predicted octanol–water partition coefficient (Wildman–Crippen LogP) is 5.88. The van der Waals surface area contributed by atoms with Gasteiger partial charge < -0.3 is 0 Å². The van der Waals surface area contributed by atoms with Crippen LogP contribution in [0.2, 0.25) is 5.02 Å². The van der Waals surface area contributed by atoms with Crippen molar-refractivity contribution in [3.63, 3.8) is 0 Å². The number of benzene rings is 2. The van der Waals surface area contributed by atoms with Crippen LogP contribution in [0.25, 0.3) is 22.4 Å². The summed E-state index contributed by atoms with van der Waals surface area (Å²) in [5, 5.41) is 0.600. The Kier molecular flexibility index (Phi) is 6.40. The Balaban J connectivity index is 1.67. The first-order valence-corrected chi connectivity index (χ1v) is 13.8. The monoisotopic (exact) mass is 496 g/mol. The standard InChI is InChI=1S/C27H29ClN2O3S/c1-19-8-7-10-23(28)25(19)27-26(22-9-3-4-11-24(22)30(27)18-31)20-12-14-21(15-13-20)34(32,33)29-16-5-2-6-17-29/h7-8,10,12-15,18H,2-6,9,11,16-17H2,1H3. The lowest BCUT2D eigenvalue weighted by Crippen LogP contribution is -2.35. The van der Waals surface area contributed by atoms with Crippen molar-refractivity contribution in [2.24, 2.45) is 0 Å². The van der Waals surface area contributed by atoms with Crippen LogP contribution in [-0.2, 0) is 27.7 Å². The minimum atomic E-state index is -3.50. The lowest BCUT2D eigenvalue weighted by atomic mass is 9.89. The highest BCUT2D eigenvalue weighted by atomic mass is 35.5. The summed E-state index contributed by atoms with van der Waals surface area (Å²) < 4.78 is 29.7. The highest BCUT2D eigenvalue weighted by molar-refractivity contribution is 7.89. The molecule has 1 aliphatic carbocycles. The molecule has 2 aliphatic rings. The molecule has 3 aromatic rings.